The van der Waals surface area contributed by atoms with Crippen molar-refractivity contribution in [3.63, 3.8) is 0 Å². The first-order chi connectivity index (χ1) is 16.5. The molecule has 0 spiro atoms. The molecule has 34 heavy (non-hydrogen) atoms. The van der Waals surface area contributed by atoms with Gasteiger partial charge >= 0.3 is 0 Å². The molecule has 4 rings (SSSR count). The van der Waals surface area contributed by atoms with Gasteiger partial charge in [0.2, 0.25) is 10.0 Å². The quantitative estimate of drug-likeness (QED) is 0.433. The Kier molecular flexibility index (Phi) is 7.88. The Morgan fingerprint density at radius 2 is 1.50 bits per heavy atom. The number of methoxy groups -OCH3 is 2. The van der Waals surface area contributed by atoms with Crippen molar-refractivity contribution in [3.8, 4) is 22.6 Å². The number of sulfonamides is 1. The second-order valence-corrected chi connectivity index (χ2v) is 10.3. The molecular weight excluding hydrogens is 448 g/mol. The molecule has 0 fully saturated rings. The zero-order chi connectivity index (χ0) is 24.0. The number of hydrogen-bond acceptors (Lipinski definition) is 5. The molecule has 3 aromatic rings. The van der Waals surface area contributed by atoms with Crippen LogP contribution < -0.4 is 14.2 Å². The van der Waals surface area contributed by atoms with E-state index >= 15 is 0 Å². The highest BCUT2D eigenvalue weighted by Gasteiger charge is 2.19. The molecule has 0 aliphatic carbocycles. The second-order valence-electron chi connectivity index (χ2n) is 8.50. The van der Waals surface area contributed by atoms with E-state index in [1.807, 2.05) is 42.5 Å². The van der Waals surface area contributed by atoms with Gasteiger partial charge in [-0.25, -0.2) is 13.1 Å². The predicted octanol–water partition coefficient (Wildman–Crippen LogP) is 4.49. The van der Waals surface area contributed by atoms with Crippen LogP contribution in [-0.4, -0.2) is 47.2 Å². The molecule has 1 N–H and O–H groups in total. The first-order valence-corrected chi connectivity index (χ1v) is 13.1. The average Bonchev–Trinajstić information content (AvgIpc) is 2.88. The van der Waals surface area contributed by atoms with Gasteiger partial charge in [0.25, 0.3) is 0 Å². The van der Waals surface area contributed by atoms with E-state index in [4.69, 9.17) is 9.47 Å². The lowest BCUT2D eigenvalue weighted by molar-refractivity contribution is 0.248. The molecule has 0 aromatic heterocycles. The van der Waals surface area contributed by atoms with Gasteiger partial charge < -0.3 is 9.47 Å². The summed E-state index contributed by atoms with van der Waals surface area (Å²) in [7, 11) is -0.192. The van der Waals surface area contributed by atoms with Crippen molar-refractivity contribution >= 4 is 10.0 Å². The standard InChI is InChI=1S/C27H32N2O4S/c1-32-26-18-23-14-17-29(20-24(23)19-27(26)33-2)16-7-6-15-28-34(30,31)25-12-10-22(11-13-25)21-8-4-3-5-9-21/h3-5,8-13,18-19,28H,6-7,14-17,20H2,1-2H3. The van der Waals surface area contributed by atoms with Gasteiger partial charge in [-0.1, -0.05) is 42.5 Å². The van der Waals surface area contributed by atoms with Crippen LogP contribution in [-0.2, 0) is 23.0 Å². The van der Waals surface area contributed by atoms with Gasteiger partial charge in [-0.05, 0) is 72.3 Å². The van der Waals surface area contributed by atoms with Gasteiger partial charge in [0.1, 0.15) is 0 Å². The SMILES string of the molecule is COc1cc2c(cc1OC)CN(CCCCNS(=O)(=O)c1ccc(-c3ccccc3)cc1)CC2. The van der Waals surface area contributed by atoms with E-state index in [9.17, 15) is 8.42 Å². The Hall–Kier alpha value is -2.87. The summed E-state index contributed by atoms with van der Waals surface area (Å²) in [6.45, 7) is 3.22. The van der Waals surface area contributed by atoms with E-state index < -0.39 is 10.0 Å². The fourth-order valence-electron chi connectivity index (χ4n) is 4.34. The number of benzene rings is 3. The summed E-state index contributed by atoms with van der Waals surface area (Å²) in [5, 5.41) is 0. The number of fused-ring (bicyclic) bond motifs is 1. The van der Waals surface area contributed by atoms with E-state index in [2.05, 4.69) is 21.8 Å². The first-order valence-electron chi connectivity index (χ1n) is 11.6. The summed E-state index contributed by atoms with van der Waals surface area (Å²) in [4.78, 5) is 2.70. The predicted molar refractivity (Wildman–Crippen MR) is 135 cm³/mol. The molecule has 0 unspecified atom stereocenters. The normalized spacial score (nSPS) is 13.9. The third-order valence-electron chi connectivity index (χ3n) is 6.26. The molecular formula is C27H32N2O4S. The number of rotatable bonds is 10. The van der Waals surface area contributed by atoms with Crippen LogP contribution in [0.15, 0.2) is 71.6 Å². The molecule has 0 saturated heterocycles. The van der Waals surface area contributed by atoms with Crippen LogP contribution in [0, 0.1) is 0 Å². The summed E-state index contributed by atoms with van der Waals surface area (Å²) in [6, 6.07) is 21.1. The van der Waals surface area contributed by atoms with E-state index in [-0.39, 0.29) is 0 Å². The second kappa shape index (κ2) is 11.0. The van der Waals surface area contributed by atoms with E-state index in [0.29, 0.717) is 11.4 Å². The Morgan fingerprint density at radius 1 is 0.853 bits per heavy atom. The summed E-state index contributed by atoms with van der Waals surface area (Å²) in [5.74, 6) is 1.53. The van der Waals surface area contributed by atoms with Crippen LogP contribution in [0.1, 0.15) is 24.0 Å². The van der Waals surface area contributed by atoms with Crippen molar-refractivity contribution in [2.45, 2.75) is 30.7 Å². The molecule has 1 aliphatic rings. The van der Waals surface area contributed by atoms with Crippen molar-refractivity contribution < 1.29 is 17.9 Å². The molecule has 0 saturated carbocycles. The van der Waals surface area contributed by atoms with E-state index in [1.165, 1.54) is 11.1 Å². The molecule has 3 aromatic carbocycles. The van der Waals surface area contributed by atoms with Crippen LogP contribution in [0.2, 0.25) is 0 Å². The Balaban J connectivity index is 1.24. The molecule has 1 heterocycles. The van der Waals surface area contributed by atoms with Crippen molar-refractivity contribution in [1.82, 2.24) is 9.62 Å². The highest BCUT2D eigenvalue weighted by atomic mass is 32.2. The average molecular weight is 481 g/mol. The lowest BCUT2D eigenvalue weighted by Gasteiger charge is -2.29. The van der Waals surface area contributed by atoms with Gasteiger partial charge in [-0.3, -0.25) is 4.90 Å². The molecule has 0 radical (unpaired) electrons. The van der Waals surface area contributed by atoms with Gasteiger partial charge in [-0.2, -0.15) is 0 Å². The van der Waals surface area contributed by atoms with Crippen LogP contribution in [0.4, 0.5) is 0 Å². The van der Waals surface area contributed by atoms with Crippen LogP contribution >= 0.6 is 0 Å². The maximum absolute atomic E-state index is 12.7. The van der Waals surface area contributed by atoms with Crippen LogP contribution in [0.5, 0.6) is 11.5 Å². The number of nitrogens with one attached hydrogen (secondary N) is 1. The molecule has 6 nitrogen and oxygen atoms in total. The zero-order valence-corrected chi connectivity index (χ0v) is 20.6. The van der Waals surface area contributed by atoms with E-state index in [1.54, 1.807) is 26.4 Å². The van der Waals surface area contributed by atoms with Crippen LogP contribution in [0.25, 0.3) is 11.1 Å². The summed E-state index contributed by atoms with van der Waals surface area (Å²) < 4.78 is 38.9. The van der Waals surface area contributed by atoms with Crippen molar-refractivity contribution in [2.75, 3.05) is 33.9 Å². The molecule has 0 amide bonds. The first kappa shape index (κ1) is 24.3. The van der Waals surface area contributed by atoms with Crippen molar-refractivity contribution in [1.29, 1.82) is 0 Å². The molecule has 1 aliphatic heterocycles. The van der Waals surface area contributed by atoms with E-state index in [0.717, 1.165) is 61.5 Å². The van der Waals surface area contributed by atoms with Gasteiger partial charge in [0, 0.05) is 19.6 Å². The third-order valence-corrected chi connectivity index (χ3v) is 7.74. The molecule has 7 heteroatoms. The summed E-state index contributed by atoms with van der Waals surface area (Å²) in [5.41, 5.74) is 4.64. The highest BCUT2D eigenvalue weighted by molar-refractivity contribution is 7.89. The van der Waals surface area contributed by atoms with Gasteiger partial charge in [0.05, 0.1) is 19.1 Å². The van der Waals surface area contributed by atoms with Crippen molar-refractivity contribution in [2.24, 2.45) is 0 Å². The Morgan fingerprint density at radius 3 is 2.18 bits per heavy atom. The Labute approximate surface area is 202 Å². The monoisotopic (exact) mass is 480 g/mol. The largest absolute Gasteiger partial charge is 0.493 e. The molecule has 0 bridgehead atoms. The minimum atomic E-state index is -3.51. The number of nitrogens with zero attached hydrogens (tertiary/aromatic N) is 1. The number of ether oxygens (including phenoxy) is 2. The van der Waals surface area contributed by atoms with Gasteiger partial charge in [0.15, 0.2) is 11.5 Å². The molecule has 180 valence electrons. The maximum atomic E-state index is 12.7. The highest BCUT2D eigenvalue weighted by Crippen LogP contribution is 2.33. The maximum Gasteiger partial charge on any atom is 0.240 e. The molecule has 0 atom stereocenters. The minimum absolute atomic E-state index is 0.296. The smallest absolute Gasteiger partial charge is 0.240 e. The summed E-state index contributed by atoms with van der Waals surface area (Å²) >= 11 is 0. The van der Waals surface area contributed by atoms with Crippen LogP contribution in [0.3, 0.4) is 0 Å². The fraction of sp³-hybridized carbons (Fsp3) is 0.333. The number of unbranched alkanes of at least 4 members (excludes halogenated alkanes) is 1. The fourth-order valence-corrected chi connectivity index (χ4v) is 5.41. The van der Waals surface area contributed by atoms with Gasteiger partial charge in [-0.15, -0.1) is 0 Å². The lowest BCUT2D eigenvalue weighted by Crippen LogP contribution is -2.32. The topological polar surface area (TPSA) is 67.9 Å². The minimum Gasteiger partial charge on any atom is -0.493 e. The third kappa shape index (κ3) is 5.78. The zero-order valence-electron chi connectivity index (χ0n) is 19.8. The number of hydrogen-bond donors (Lipinski definition) is 1. The lowest BCUT2D eigenvalue weighted by atomic mass is 9.98. The summed E-state index contributed by atoms with van der Waals surface area (Å²) in [6.07, 6.45) is 2.69. The Bertz CT molecular complexity index is 1200. The van der Waals surface area contributed by atoms with Crippen molar-refractivity contribution in [3.05, 3.63) is 77.9 Å².